The van der Waals surface area contributed by atoms with Crippen molar-refractivity contribution >= 4 is 11.6 Å². The lowest BCUT2D eigenvalue weighted by Crippen LogP contribution is -2.28. The summed E-state index contributed by atoms with van der Waals surface area (Å²) >= 11 is 5.37. The number of hydrogen-bond acceptors (Lipinski definition) is 2. The van der Waals surface area contributed by atoms with E-state index in [1.54, 1.807) is 0 Å². The lowest BCUT2D eigenvalue weighted by molar-refractivity contribution is 0.194. The average Bonchev–Trinajstić information content (AvgIpc) is 1.98. The normalized spacial score (nSPS) is 13.5. The molecule has 1 atom stereocenters. The van der Waals surface area contributed by atoms with Crippen LogP contribution in [0.5, 0.6) is 0 Å². The van der Waals surface area contributed by atoms with Gasteiger partial charge in [-0.05, 0) is 13.0 Å². The number of halogens is 1. The lowest BCUT2D eigenvalue weighted by atomic mass is 10.3. The second-order valence-corrected chi connectivity index (χ2v) is 2.67. The lowest BCUT2D eigenvalue weighted by Gasteiger charge is -2.06. The maximum Gasteiger partial charge on any atom is 0.0799 e. The fourth-order valence-corrected chi connectivity index (χ4v) is 0.734. The van der Waals surface area contributed by atoms with Gasteiger partial charge < -0.3 is 10.4 Å². The molecule has 0 saturated carbocycles. The Labute approximate surface area is 67.6 Å². The molecule has 0 amide bonds. The van der Waals surface area contributed by atoms with Crippen LogP contribution in [-0.4, -0.2) is 30.2 Å². The van der Waals surface area contributed by atoms with E-state index in [0.717, 1.165) is 13.0 Å². The fourth-order valence-electron chi connectivity index (χ4n) is 0.625. The van der Waals surface area contributed by atoms with Crippen molar-refractivity contribution in [1.82, 2.24) is 5.32 Å². The molecule has 1 unspecified atom stereocenters. The Bertz CT molecular complexity index is 70.6. The van der Waals surface area contributed by atoms with E-state index in [0.29, 0.717) is 12.4 Å². The van der Waals surface area contributed by atoms with Crippen LogP contribution in [0.1, 0.15) is 19.8 Å². The number of hydrogen-bond donors (Lipinski definition) is 2. The van der Waals surface area contributed by atoms with Crippen LogP contribution in [0.25, 0.3) is 0 Å². The minimum Gasteiger partial charge on any atom is -0.391 e. The number of rotatable bonds is 6. The van der Waals surface area contributed by atoms with Crippen LogP contribution in [0, 0.1) is 0 Å². The zero-order valence-corrected chi connectivity index (χ0v) is 7.19. The van der Waals surface area contributed by atoms with Gasteiger partial charge in [-0.15, -0.1) is 11.6 Å². The van der Waals surface area contributed by atoms with E-state index >= 15 is 0 Å². The first kappa shape index (κ1) is 10.2. The molecule has 0 fully saturated rings. The van der Waals surface area contributed by atoms with Gasteiger partial charge in [0.25, 0.3) is 0 Å². The second-order valence-electron chi connectivity index (χ2n) is 2.37. The van der Waals surface area contributed by atoms with Crippen molar-refractivity contribution in [3.05, 3.63) is 0 Å². The van der Waals surface area contributed by atoms with Gasteiger partial charge in [-0.2, -0.15) is 0 Å². The quantitative estimate of drug-likeness (QED) is 0.454. The molecule has 10 heavy (non-hydrogen) atoms. The van der Waals surface area contributed by atoms with Gasteiger partial charge in [-0.25, -0.2) is 0 Å². The highest BCUT2D eigenvalue weighted by Crippen LogP contribution is 1.86. The van der Waals surface area contributed by atoms with Gasteiger partial charge in [0.1, 0.15) is 0 Å². The fraction of sp³-hybridized carbons (Fsp3) is 1.00. The van der Waals surface area contributed by atoms with E-state index in [1.165, 1.54) is 6.42 Å². The molecule has 0 bridgehead atoms. The number of alkyl halides is 1. The maximum atomic E-state index is 8.96. The van der Waals surface area contributed by atoms with Crippen molar-refractivity contribution in [3.63, 3.8) is 0 Å². The Morgan fingerprint density at radius 3 is 2.80 bits per heavy atom. The van der Waals surface area contributed by atoms with Crippen LogP contribution in [-0.2, 0) is 0 Å². The summed E-state index contributed by atoms with van der Waals surface area (Å²) in [6, 6.07) is 0. The van der Waals surface area contributed by atoms with Crippen LogP contribution in [0.15, 0.2) is 0 Å². The van der Waals surface area contributed by atoms with E-state index < -0.39 is 6.10 Å². The first-order valence-electron chi connectivity index (χ1n) is 3.76. The summed E-state index contributed by atoms with van der Waals surface area (Å²) in [5, 5.41) is 12.1. The first-order valence-corrected chi connectivity index (χ1v) is 4.29. The Hall–Kier alpha value is 0.210. The van der Waals surface area contributed by atoms with Crippen molar-refractivity contribution in [2.24, 2.45) is 0 Å². The molecule has 0 aromatic heterocycles. The van der Waals surface area contributed by atoms with E-state index in [4.69, 9.17) is 16.7 Å². The SMILES string of the molecule is CCCCNCC(O)CCl. The van der Waals surface area contributed by atoms with Crippen LogP contribution in [0.4, 0.5) is 0 Å². The predicted octanol–water partition coefficient (Wildman–Crippen LogP) is 0.976. The third kappa shape index (κ3) is 6.33. The molecule has 0 aliphatic carbocycles. The molecule has 0 aromatic rings. The van der Waals surface area contributed by atoms with Crippen molar-refractivity contribution < 1.29 is 5.11 Å². The number of nitrogens with one attached hydrogen (secondary N) is 1. The van der Waals surface area contributed by atoms with Crippen molar-refractivity contribution in [1.29, 1.82) is 0 Å². The number of aliphatic hydroxyl groups excluding tert-OH is 1. The largest absolute Gasteiger partial charge is 0.391 e. The van der Waals surface area contributed by atoms with Gasteiger partial charge in [0, 0.05) is 12.4 Å². The second kappa shape index (κ2) is 7.32. The van der Waals surface area contributed by atoms with Gasteiger partial charge in [0.15, 0.2) is 0 Å². The Morgan fingerprint density at radius 2 is 2.30 bits per heavy atom. The van der Waals surface area contributed by atoms with Crippen LogP contribution >= 0.6 is 11.6 Å². The van der Waals surface area contributed by atoms with Crippen LogP contribution in [0.2, 0.25) is 0 Å². The van der Waals surface area contributed by atoms with Gasteiger partial charge >= 0.3 is 0 Å². The molecule has 0 heterocycles. The van der Waals surface area contributed by atoms with E-state index in [-0.39, 0.29) is 0 Å². The van der Waals surface area contributed by atoms with Crippen LogP contribution in [0.3, 0.4) is 0 Å². The number of aliphatic hydroxyl groups is 1. The van der Waals surface area contributed by atoms with Gasteiger partial charge in [-0.3, -0.25) is 0 Å². The van der Waals surface area contributed by atoms with E-state index in [2.05, 4.69) is 12.2 Å². The first-order chi connectivity index (χ1) is 4.81. The minimum atomic E-state index is -0.390. The molecule has 0 aliphatic rings. The van der Waals surface area contributed by atoms with Gasteiger partial charge in [-0.1, -0.05) is 13.3 Å². The maximum absolute atomic E-state index is 8.96. The highest BCUT2D eigenvalue weighted by atomic mass is 35.5. The summed E-state index contributed by atoms with van der Waals surface area (Å²) in [6.07, 6.45) is 1.96. The van der Waals surface area contributed by atoms with E-state index in [1.807, 2.05) is 0 Å². The third-order valence-corrected chi connectivity index (χ3v) is 1.62. The topological polar surface area (TPSA) is 32.3 Å². The summed E-state index contributed by atoms with van der Waals surface area (Å²) in [6.45, 7) is 3.73. The van der Waals surface area contributed by atoms with E-state index in [9.17, 15) is 0 Å². The Kier molecular flexibility index (Phi) is 7.47. The average molecular weight is 166 g/mol. The highest BCUT2D eigenvalue weighted by molar-refractivity contribution is 6.18. The zero-order chi connectivity index (χ0) is 7.82. The Morgan fingerprint density at radius 1 is 1.60 bits per heavy atom. The Balaban J connectivity index is 2.89. The molecule has 0 aliphatic heterocycles. The predicted molar refractivity (Wildman–Crippen MR) is 44.5 cm³/mol. The molecular weight excluding hydrogens is 150 g/mol. The molecule has 62 valence electrons. The van der Waals surface area contributed by atoms with Crippen molar-refractivity contribution in [2.45, 2.75) is 25.9 Å². The number of unbranched alkanes of at least 4 members (excludes halogenated alkanes) is 1. The van der Waals surface area contributed by atoms with Crippen molar-refractivity contribution in [3.8, 4) is 0 Å². The minimum absolute atomic E-state index is 0.319. The van der Waals surface area contributed by atoms with Crippen LogP contribution < -0.4 is 5.32 Å². The molecule has 0 saturated heterocycles. The van der Waals surface area contributed by atoms with Gasteiger partial charge in [0.2, 0.25) is 0 Å². The summed E-state index contributed by atoms with van der Waals surface area (Å²) in [7, 11) is 0. The summed E-state index contributed by atoms with van der Waals surface area (Å²) in [5.74, 6) is 0.319. The monoisotopic (exact) mass is 165 g/mol. The van der Waals surface area contributed by atoms with Gasteiger partial charge in [0.05, 0.1) is 6.10 Å². The zero-order valence-electron chi connectivity index (χ0n) is 6.44. The molecule has 0 aromatic carbocycles. The third-order valence-electron chi connectivity index (χ3n) is 1.27. The standard InChI is InChI=1S/C7H16ClNO/c1-2-3-4-9-6-7(10)5-8/h7,9-10H,2-6H2,1H3. The molecular formula is C7H16ClNO. The molecule has 0 spiro atoms. The highest BCUT2D eigenvalue weighted by Gasteiger charge is 1.98. The summed E-state index contributed by atoms with van der Waals surface area (Å²) in [4.78, 5) is 0. The summed E-state index contributed by atoms with van der Waals surface area (Å²) < 4.78 is 0. The molecule has 2 N–H and O–H groups in total. The molecule has 0 radical (unpaired) electrons. The van der Waals surface area contributed by atoms with Crippen molar-refractivity contribution in [2.75, 3.05) is 19.0 Å². The molecule has 0 rings (SSSR count). The molecule has 3 heteroatoms. The molecule has 2 nitrogen and oxygen atoms in total. The smallest absolute Gasteiger partial charge is 0.0799 e. The summed E-state index contributed by atoms with van der Waals surface area (Å²) in [5.41, 5.74) is 0.